The molecule has 0 spiro atoms. The van der Waals surface area contributed by atoms with Crippen molar-refractivity contribution >= 4 is 17.4 Å². The van der Waals surface area contributed by atoms with Crippen molar-refractivity contribution in [1.82, 2.24) is 14.9 Å². The third-order valence-electron chi connectivity index (χ3n) is 2.81. The molecule has 1 aromatic rings. The van der Waals surface area contributed by atoms with Gasteiger partial charge in [-0.15, -0.1) is 0 Å². The van der Waals surface area contributed by atoms with Crippen LogP contribution in [0.2, 0.25) is 5.15 Å². The Morgan fingerprint density at radius 2 is 2.19 bits per heavy atom. The number of aromatic nitrogens is 2. The number of hydrogen-bond donors (Lipinski definition) is 1. The molecule has 0 unspecified atom stereocenters. The van der Waals surface area contributed by atoms with Crippen molar-refractivity contribution < 1.29 is 0 Å². The van der Waals surface area contributed by atoms with Crippen LogP contribution in [0.4, 0.5) is 5.82 Å². The predicted molar refractivity (Wildman–Crippen MR) is 65.8 cm³/mol. The van der Waals surface area contributed by atoms with Gasteiger partial charge in [0.2, 0.25) is 0 Å². The highest BCUT2D eigenvalue weighted by atomic mass is 35.5. The maximum atomic E-state index is 5.90. The van der Waals surface area contributed by atoms with E-state index in [0.717, 1.165) is 25.7 Å². The third kappa shape index (κ3) is 3.06. The number of rotatable bonds is 6. The van der Waals surface area contributed by atoms with Gasteiger partial charge in [-0.05, 0) is 19.4 Å². The molecule has 1 heterocycles. The van der Waals surface area contributed by atoms with E-state index in [1.165, 1.54) is 12.8 Å². The second kappa shape index (κ2) is 5.46. The van der Waals surface area contributed by atoms with Gasteiger partial charge in [-0.25, -0.2) is 9.97 Å². The minimum atomic E-state index is 0.442. The van der Waals surface area contributed by atoms with Gasteiger partial charge in [0.05, 0.1) is 0 Å². The number of halogens is 1. The Labute approximate surface area is 101 Å². The van der Waals surface area contributed by atoms with Crippen molar-refractivity contribution in [2.75, 3.05) is 25.0 Å². The maximum absolute atomic E-state index is 5.90. The van der Waals surface area contributed by atoms with Crippen LogP contribution >= 0.6 is 11.6 Å². The van der Waals surface area contributed by atoms with Crippen LogP contribution in [0.25, 0.3) is 0 Å². The molecular formula is C11H17ClN4. The average molecular weight is 241 g/mol. The van der Waals surface area contributed by atoms with Gasteiger partial charge in [-0.3, -0.25) is 4.90 Å². The minimum absolute atomic E-state index is 0.442. The van der Waals surface area contributed by atoms with Gasteiger partial charge >= 0.3 is 0 Å². The van der Waals surface area contributed by atoms with E-state index in [2.05, 4.69) is 27.1 Å². The summed E-state index contributed by atoms with van der Waals surface area (Å²) in [4.78, 5) is 10.6. The summed E-state index contributed by atoms with van der Waals surface area (Å²) in [5.74, 6) is 0.677. The van der Waals surface area contributed by atoms with Gasteiger partial charge in [0.1, 0.15) is 0 Å². The molecule has 1 fully saturated rings. The van der Waals surface area contributed by atoms with Crippen LogP contribution < -0.4 is 5.32 Å². The van der Waals surface area contributed by atoms with Gasteiger partial charge in [0.25, 0.3) is 0 Å². The molecule has 1 N–H and O–H groups in total. The zero-order valence-electron chi connectivity index (χ0n) is 9.49. The fraction of sp³-hybridized carbons (Fsp3) is 0.636. The molecule has 0 amide bonds. The Morgan fingerprint density at radius 3 is 2.81 bits per heavy atom. The van der Waals surface area contributed by atoms with Crippen LogP contribution in [0.1, 0.15) is 19.8 Å². The normalized spacial score (nSPS) is 15.4. The molecule has 0 aromatic carbocycles. The van der Waals surface area contributed by atoms with Gasteiger partial charge in [-0.2, -0.15) is 0 Å². The fourth-order valence-electron chi connectivity index (χ4n) is 1.80. The van der Waals surface area contributed by atoms with E-state index in [1.54, 1.807) is 12.4 Å². The largest absolute Gasteiger partial charge is 0.366 e. The Balaban J connectivity index is 1.77. The van der Waals surface area contributed by atoms with Gasteiger partial charge in [0.15, 0.2) is 11.0 Å². The number of nitrogens with zero attached hydrogens (tertiary/aromatic N) is 3. The predicted octanol–water partition coefficient (Wildman–Crippen LogP) is 2.03. The van der Waals surface area contributed by atoms with Crippen molar-refractivity contribution in [2.45, 2.75) is 25.8 Å². The van der Waals surface area contributed by atoms with Gasteiger partial charge in [-0.1, -0.05) is 18.5 Å². The number of anilines is 1. The number of likely N-dealkylation sites (N-methyl/N-ethyl adjacent to an activating group) is 1. The zero-order valence-corrected chi connectivity index (χ0v) is 10.2. The lowest BCUT2D eigenvalue weighted by molar-refractivity contribution is 0.289. The quantitative estimate of drug-likeness (QED) is 0.826. The first-order valence-corrected chi connectivity index (χ1v) is 6.13. The first kappa shape index (κ1) is 11.6. The van der Waals surface area contributed by atoms with Gasteiger partial charge < -0.3 is 5.32 Å². The van der Waals surface area contributed by atoms with Crippen LogP contribution in [0.5, 0.6) is 0 Å². The van der Waals surface area contributed by atoms with Crippen molar-refractivity contribution in [3.05, 3.63) is 17.5 Å². The first-order valence-electron chi connectivity index (χ1n) is 5.75. The number of nitrogens with one attached hydrogen (secondary N) is 1. The Morgan fingerprint density at radius 1 is 1.44 bits per heavy atom. The lowest BCUT2D eigenvalue weighted by Gasteiger charge is -2.19. The summed E-state index contributed by atoms with van der Waals surface area (Å²) < 4.78 is 0. The highest BCUT2D eigenvalue weighted by Crippen LogP contribution is 2.26. The van der Waals surface area contributed by atoms with Crippen molar-refractivity contribution in [3.8, 4) is 0 Å². The summed E-state index contributed by atoms with van der Waals surface area (Å²) in [5, 5.41) is 3.65. The smallest absolute Gasteiger partial charge is 0.171 e. The topological polar surface area (TPSA) is 41.0 Å². The summed E-state index contributed by atoms with van der Waals surface area (Å²) in [6, 6.07) is 0.809. The lowest BCUT2D eigenvalue weighted by Crippen LogP contribution is -2.31. The summed E-state index contributed by atoms with van der Waals surface area (Å²) in [6.45, 7) is 5.21. The molecule has 1 aliphatic rings. The Bertz CT molecular complexity index is 341. The fourth-order valence-corrected chi connectivity index (χ4v) is 1.97. The Hall–Kier alpha value is -0.870. The van der Waals surface area contributed by atoms with Crippen molar-refractivity contribution in [3.63, 3.8) is 0 Å². The highest BCUT2D eigenvalue weighted by molar-refractivity contribution is 6.31. The van der Waals surface area contributed by atoms with E-state index in [4.69, 9.17) is 11.6 Å². The molecule has 2 rings (SSSR count). The number of hydrogen-bond acceptors (Lipinski definition) is 4. The van der Waals surface area contributed by atoms with Crippen LogP contribution in [0, 0.1) is 0 Å². The van der Waals surface area contributed by atoms with Crippen molar-refractivity contribution in [1.29, 1.82) is 0 Å². The third-order valence-corrected chi connectivity index (χ3v) is 3.09. The van der Waals surface area contributed by atoms with E-state index in [1.807, 2.05) is 0 Å². The van der Waals surface area contributed by atoms with E-state index in [-0.39, 0.29) is 0 Å². The van der Waals surface area contributed by atoms with Crippen LogP contribution in [0.15, 0.2) is 12.4 Å². The van der Waals surface area contributed by atoms with E-state index < -0.39 is 0 Å². The minimum Gasteiger partial charge on any atom is -0.366 e. The van der Waals surface area contributed by atoms with E-state index in [9.17, 15) is 0 Å². The molecule has 1 saturated carbocycles. The molecule has 1 aromatic heterocycles. The summed E-state index contributed by atoms with van der Waals surface area (Å²) in [7, 11) is 0. The first-order chi connectivity index (χ1) is 7.81. The lowest BCUT2D eigenvalue weighted by atomic mass is 10.4. The summed E-state index contributed by atoms with van der Waals surface area (Å²) in [5.41, 5.74) is 0. The molecule has 5 heteroatoms. The SMILES string of the molecule is CCN(CCNc1nccnc1Cl)C1CC1. The van der Waals surface area contributed by atoms with Crippen molar-refractivity contribution in [2.24, 2.45) is 0 Å². The van der Waals surface area contributed by atoms with Crippen LogP contribution in [-0.2, 0) is 0 Å². The van der Waals surface area contributed by atoms with Crippen LogP contribution in [-0.4, -0.2) is 40.5 Å². The molecule has 16 heavy (non-hydrogen) atoms. The molecule has 0 aliphatic heterocycles. The standard InChI is InChI=1S/C11H17ClN4/c1-2-16(9-3-4-9)8-7-15-11-10(12)13-5-6-14-11/h5-6,9H,2-4,7-8H2,1H3,(H,14,15). The van der Waals surface area contributed by atoms with E-state index >= 15 is 0 Å². The molecule has 4 nitrogen and oxygen atoms in total. The van der Waals surface area contributed by atoms with E-state index in [0.29, 0.717) is 11.0 Å². The Kier molecular flexibility index (Phi) is 3.96. The highest BCUT2D eigenvalue weighted by Gasteiger charge is 2.27. The van der Waals surface area contributed by atoms with Crippen LogP contribution in [0.3, 0.4) is 0 Å². The zero-order chi connectivity index (χ0) is 11.4. The molecule has 0 bridgehead atoms. The molecule has 0 radical (unpaired) electrons. The summed E-state index contributed by atoms with van der Waals surface area (Å²) >= 11 is 5.90. The molecule has 0 saturated heterocycles. The molecular weight excluding hydrogens is 224 g/mol. The molecule has 88 valence electrons. The maximum Gasteiger partial charge on any atom is 0.171 e. The summed E-state index contributed by atoms with van der Waals surface area (Å²) in [6.07, 6.45) is 5.93. The second-order valence-electron chi connectivity index (χ2n) is 3.98. The second-order valence-corrected chi connectivity index (χ2v) is 4.34. The molecule has 0 atom stereocenters. The average Bonchev–Trinajstić information content (AvgIpc) is 3.11. The molecule has 1 aliphatic carbocycles. The monoisotopic (exact) mass is 240 g/mol. The van der Waals surface area contributed by atoms with Gasteiger partial charge in [0, 0.05) is 31.5 Å².